The molecule has 2 aliphatic rings. The summed E-state index contributed by atoms with van der Waals surface area (Å²) in [5.41, 5.74) is 0.425. The molecule has 0 fully saturated rings. The molecule has 0 radical (unpaired) electrons. The zero-order valence-corrected chi connectivity index (χ0v) is 23.6. The standard InChI is InChI=1S/C14H19NO4.C14H21NO3/c1-8(2)10-11-9(6-7-18-11)12(16)15(10)13(17)19-14(3,4)5;1-9(2)11-12-10(6-7-17-12)8-15(11)13(16)18-14(3,4)5/h6-8,10H,1-5H3;6-7,9,11H,8H2,1-5H3. The van der Waals surface area contributed by atoms with Gasteiger partial charge in [-0.15, -0.1) is 0 Å². The summed E-state index contributed by atoms with van der Waals surface area (Å²) in [6, 6.07) is 3.10. The topological polar surface area (TPSA) is 102 Å². The molecule has 0 bridgehead atoms. The fourth-order valence-electron chi connectivity index (χ4n) is 4.53. The van der Waals surface area contributed by atoms with E-state index in [4.69, 9.17) is 18.3 Å². The van der Waals surface area contributed by atoms with E-state index in [-0.39, 0.29) is 24.0 Å². The van der Waals surface area contributed by atoms with Gasteiger partial charge in [0, 0.05) is 5.56 Å². The zero-order valence-electron chi connectivity index (χ0n) is 23.6. The maximum atomic E-state index is 12.3. The van der Waals surface area contributed by atoms with Crippen LogP contribution in [-0.2, 0) is 16.0 Å². The Labute approximate surface area is 219 Å². The number of imide groups is 1. The number of fused-ring (bicyclic) bond motifs is 2. The number of hydrogen-bond acceptors (Lipinski definition) is 7. The third-order valence-electron chi connectivity index (χ3n) is 5.90. The van der Waals surface area contributed by atoms with E-state index in [9.17, 15) is 14.4 Å². The fraction of sp³-hybridized carbons (Fsp3) is 0.607. The number of furan rings is 2. The van der Waals surface area contributed by atoms with Crippen molar-refractivity contribution in [3.05, 3.63) is 47.3 Å². The molecule has 0 aliphatic carbocycles. The first-order valence-corrected chi connectivity index (χ1v) is 12.7. The number of carbonyl (C=O) groups excluding carboxylic acids is 3. The molecule has 4 heterocycles. The molecule has 2 atom stereocenters. The van der Waals surface area contributed by atoms with E-state index in [2.05, 4.69) is 13.8 Å². The number of ether oxygens (including phenoxy) is 2. The minimum absolute atomic E-state index is 0.0233. The lowest BCUT2D eigenvalue weighted by atomic mass is 10.0. The van der Waals surface area contributed by atoms with E-state index in [1.165, 1.54) is 6.26 Å². The van der Waals surface area contributed by atoms with E-state index in [0.29, 0.717) is 23.8 Å². The zero-order chi connectivity index (χ0) is 27.9. The summed E-state index contributed by atoms with van der Waals surface area (Å²) in [5.74, 6) is 1.45. The van der Waals surface area contributed by atoms with Gasteiger partial charge in [-0.25, -0.2) is 14.5 Å². The van der Waals surface area contributed by atoms with Crippen LogP contribution >= 0.6 is 0 Å². The van der Waals surface area contributed by atoms with Crippen molar-refractivity contribution in [1.29, 1.82) is 0 Å². The molecule has 2 unspecified atom stereocenters. The summed E-state index contributed by atoms with van der Waals surface area (Å²) in [7, 11) is 0. The van der Waals surface area contributed by atoms with Crippen molar-refractivity contribution in [3.63, 3.8) is 0 Å². The van der Waals surface area contributed by atoms with Gasteiger partial charge in [-0.05, 0) is 65.5 Å². The molecule has 37 heavy (non-hydrogen) atoms. The van der Waals surface area contributed by atoms with Gasteiger partial charge in [0.25, 0.3) is 5.91 Å². The van der Waals surface area contributed by atoms with Crippen molar-refractivity contribution < 1.29 is 32.7 Å². The first-order valence-electron chi connectivity index (χ1n) is 12.7. The molecule has 0 N–H and O–H groups in total. The highest BCUT2D eigenvalue weighted by molar-refractivity contribution is 6.06. The van der Waals surface area contributed by atoms with Gasteiger partial charge in [-0.1, -0.05) is 27.7 Å². The lowest BCUT2D eigenvalue weighted by Gasteiger charge is -2.30. The molecular formula is C28H40N2O7. The number of hydrogen-bond donors (Lipinski definition) is 0. The van der Waals surface area contributed by atoms with Crippen LogP contribution in [0.4, 0.5) is 9.59 Å². The minimum Gasteiger partial charge on any atom is -0.467 e. The molecule has 9 nitrogen and oxygen atoms in total. The average molecular weight is 517 g/mol. The Bertz CT molecular complexity index is 1130. The first-order chi connectivity index (χ1) is 17.0. The Balaban J connectivity index is 0.000000206. The highest BCUT2D eigenvalue weighted by atomic mass is 16.6. The van der Waals surface area contributed by atoms with E-state index in [1.807, 2.05) is 40.7 Å². The summed E-state index contributed by atoms with van der Waals surface area (Å²) in [5, 5.41) is 0. The maximum absolute atomic E-state index is 12.3. The van der Waals surface area contributed by atoms with Crippen LogP contribution in [0, 0.1) is 11.8 Å². The monoisotopic (exact) mass is 516 g/mol. The maximum Gasteiger partial charge on any atom is 0.418 e. The van der Waals surface area contributed by atoms with Gasteiger partial charge in [-0.2, -0.15) is 0 Å². The van der Waals surface area contributed by atoms with Crippen LogP contribution in [0.15, 0.2) is 33.5 Å². The van der Waals surface area contributed by atoms with Crippen LogP contribution in [-0.4, -0.2) is 39.1 Å². The van der Waals surface area contributed by atoms with Crippen molar-refractivity contribution in [2.75, 3.05) is 0 Å². The smallest absolute Gasteiger partial charge is 0.418 e. The minimum atomic E-state index is -0.636. The normalized spacial score (nSPS) is 19.1. The van der Waals surface area contributed by atoms with E-state index in [0.717, 1.165) is 16.2 Å². The molecule has 2 aromatic heterocycles. The number of amides is 3. The Kier molecular flexibility index (Phi) is 7.86. The van der Waals surface area contributed by atoms with Crippen LogP contribution in [0.25, 0.3) is 0 Å². The average Bonchev–Trinajstić information content (AvgIpc) is 3.46. The molecule has 9 heteroatoms. The molecule has 0 aromatic carbocycles. The fourth-order valence-corrected chi connectivity index (χ4v) is 4.53. The Morgan fingerprint density at radius 2 is 1.35 bits per heavy atom. The number of nitrogens with zero attached hydrogens (tertiary/aromatic N) is 2. The van der Waals surface area contributed by atoms with Crippen LogP contribution in [0.2, 0.25) is 0 Å². The van der Waals surface area contributed by atoms with Crippen molar-refractivity contribution in [2.24, 2.45) is 11.8 Å². The third-order valence-corrected chi connectivity index (χ3v) is 5.90. The summed E-state index contributed by atoms with van der Waals surface area (Å²) in [6.07, 6.45) is 2.27. The molecule has 0 saturated heterocycles. The predicted molar refractivity (Wildman–Crippen MR) is 137 cm³/mol. The van der Waals surface area contributed by atoms with E-state index in [1.54, 1.807) is 38.0 Å². The summed E-state index contributed by atoms with van der Waals surface area (Å²) in [6.45, 7) is 19.6. The number of carbonyl (C=O) groups is 3. The van der Waals surface area contributed by atoms with Gasteiger partial charge < -0.3 is 18.3 Å². The Morgan fingerprint density at radius 3 is 1.89 bits per heavy atom. The Morgan fingerprint density at radius 1 is 0.838 bits per heavy atom. The number of rotatable bonds is 2. The largest absolute Gasteiger partial charge is 0.467 e. The molecular weight excluding hydrogens is 476 g/mol. The van der Waals surface area contributed by atoms with E-state index < -0.39 is 23.3 Å². The lowest BCUT2D eigenvalue weighted by Crippen LogP contribution is -2.40. The van der Waals surface area contributed by atoms with Crippen molar-refractivity contribution in [1.82, 2.24) is 9.80 Å². The summed E-state index contributed by atoms with van der Waals surface area (Å²) in [4.78, 5) is 39.6. The third kappa shape index (κ3) is 6.19. The molecule has 2 aromatic rings. The van der Waals surface area contributed by atoms with Gasteiger partial charge in [0.2, 0.25) is 0 Å². The van der Waals surface area contributed by atoms with Gasteiger partial charge in [0.1, 0.15) is 28.8 Å². The summed E-state index contributed by atoms with van der Waals surface area (Å²) >= 11 is 0. The molecule has 0 spiro atoms. The van der Waals surface area contributed by atoms with Gasteiger partial charge in [-0.3, -0.25) is 9.69 Å². The highest BCUT2D eigenvalue weighted by Gasteiger charge is 2.46. The summed E-state index contributed by atoms with van der Waals surface area (Å²) < 4.78 is 21.6. The lowest BCUT2D eigenvalue weighted by molar-refractivity contribution is 0.0104. The molecule has 204 valence electrons. The first kappa shape index (κ1) is 28.3. The van der Waals surface area contributed by atoms with Gasteiger partial charge in [0.15, 0.2) is 0 Å². The van der Waals surface area contributed by atoms with Gasteiger partial charge >= 0.3 is 12.2 Å². The second kappa shape index (κ2) is 10.3. The second-order valence-corrected chi connectivity index (χ2v) is 12.2. The highest BCUT2D eigenvalue weighted by Crippen LogP contribution is 2.41. The Hall–Kier alpha value is -3.23. The van der Waals surface area contributed by atoms with Crippen molar-refractivity contribution >= 4 is 18.1 Å². The van der Waals surface area contributed by atoms with Gasteiger partial charge in [0.05, 0.1) is 30.7 Å². The SMILES string of the molecule is CC(C)C1c2occc2C(=O)N1C(=O)OC(C)(C)C.CC(C)C1c2occc2CN1C(=O)OC(C)(C)C. The molecule has 3 amide bonds. The molecule has 4 rings (SSSR count). The predicted octanol–water partition coefficient (Wildman–Crippen LogP) is 7.10. The van der Waals surface area contributed by atoms with Crippen LogP contribution in [0.1, 0.15) is 109 Å². The van der Waals surface area contributed by atoms with Crippen LogP contribution in [0.3, 0.4) is 0 Å². The van der Waals surface area contributed by atoms with Crippen molar-refractivity contribution in [3.8, 4) is 0 Å². The quantitative estimate of drug-likeness (QED) is 0.419. The molecule has 0 saturated carbocycles. The van der Waals surface area contributed by atoms with Crippen molar-refractivity contribution in [2.45, 2.75) is 99.1 Å². The van der Waals surface area contributed by atoms with Crippen LogP contribution < -0.4 is 0 Å². The molecule has 2 aliphatic heterocycles. The second-order valence-electron chi connectivity index (χ2n) is 12.2. The van der Waals surface area contributed by atoms with E-state index >= 15 is 0 Å². The van der Waals surface area contributed by atoms with Crippen LogP contribution in [0.5, 0.6) is 0 Å².